The van der Waals surface area contributed by atoms with Gasteiger partial charge in [-0.25, -0.2) is 4.98 Å². The molecule has 3 N–H and O–H groups in total. The summed E-state index contributed by atoms with van der Waals surface area (Å²) in [4.78, 5) is 4.28. The van der Waals surface area contributed by atoms with Crippen molar-refractivity contribution in [3.05, 3.63) is 23.5 Å². The summed E-state index contributed by atoms with van der Waals surface area (Å²) < 4.78 is 0. The quantitative estimate of drug-likeness (QED) is 0.282. The van der Waals surface area contributed by atoms with Gasteiger partial charge in [-0.3, -0.25) is 0 Å². The second-order valence-corrected chi connectivity index (χ2v) is 6.45. The molecule has 0 radical (unpaired) electrons. The average Bonchev–Trinajstić information content (AvgIpc) is 2.58. The lowest BCUT2D eigenvalue weighted by atomic mass is 9.87. The molecular weight excluding hydrogens is 290 g/mol. The van der Waals surface area contributed by atoms with Crippen LogP contribution in [0.1, 0.15) is 62.8 Å². The van der Waals surface area contributed by atoms with Gasteiger partial charge in [-0.05, 0) is 56.8 Å². The third kappa shape index (κ3) is 6.57. The first-order valence-corrected chi connectivity index (χ1v) is 8.86. The molecule has 5 heteroatoms. The Bertz CT molecular complexity index is 485. The Morgan fingerprint density at radius 3 is 2.78 bits per heavy atom. The monoisotopic (exact) mass is 319 g/mol. The minimum absolute atomic E-state index is 0.0379. The van der Waals surface area contributed by atoms with Crippen LogP contribution in [0.3, 0.4) is 0 Å². The summed E-state index contributed by atoms with van der Waals surface area (Å²) in [6.45, 7) is 2.19. The highest BCUT2D eigenvalue weighted by Crippen LogP contribution is 2.25. The third-order valence-corrected chi connectivity index (χ3v) is 4.63. The lowest BCUT2D eigenvalue weighted by Crippen LogP contribution is -2.20. The zero-order valence-electron chi connectivity index (χ0n) is 13.9. The molecule has 0 saturated heterocycles. The molecule has 1 saturated carbocycles. The molecule has 1 aliphatic rings. The standard InChI is InChI=1S/C18H29N3O2/c22-18-10-9-16(21-17(18)14-20-23)8-4-5-12-19-13-11-15-6-2-1-3-7-15/h9-10,14-15,19,22-23H,1-8,11-13H2/b20-14+. The fourth-order valence-corrected chi connectivity index (χ4v) is 3.26. The van der Waals surface area contributed by atoms with Crippen molar-refractivity contribution >= 4 is 6.21 Å². The van der Waals surface area contributed by atoms with E-state index in [-0.39, 0.29) is 5.75 Å². The Kier molecular flexibility index (Phi) is 7.87. The van der Waals surface area contributed by atoms with Gasteiger partial charge in [-0.2, -0.15) is 0 Å². The Hall–Kier alpha value is -1.62. The van der Waals surface area contributed by atoms with Gasteiger partial charge in [0, 0.05) is 5.69 Å². The second kappa shape index (κ2) is 10.2. The highest BCUT2D eigenvalue weighted by Gasteiger charge is 2.12. The van der Waals surface area contributed by atoms with Gasteiger partial charge >= 0.3 is 0 Å². The van der Waals surface area contributed by atoms with Crippen molar-refractivity contribution in [3.8, 4) is 5.75 Å². The first-order valence-electron chi connectivity index (χ1n) is 8.86. The number of hydrogen-bond acceptors (Lipinski definition) is 5. The number of nitrogens with one attached hydrogen (secondary N) is 1. The summed E-state index contributed by atoms with van der Waals surface area (Å²) in [7, 11) is 0. The Balaban J connectivity index is 1.55. The van der Waals surface area contributed by atoms with Gasteiger partial charge in [0.05, 0.1) is 6.21 Å². The van der Waals surface area contributed by atoms with E-state index in [0.29, 0.717) is 5.69 Å². The van der Waals surface area contributed by atoms with Crippen molar-refractivity contribution in [1.82, 2.24) is 10.3 Å². The van der Waals surface area contributed by atoms with E-state index >= 15 is 0 Å². The van der Waals surface area contributed by atoms with Crippen molar-refractivity contribution in [2.45, 2.75) is 57.8 Å². The highest BCUT2D eigenvalue weighted by atomic mass is 16.4. The Morgan fingerprint density at radius 1 is 1.17 bits per heavy atom. The molecule has 1 aliphatic carbocycles. The van der Waals surface area contributed by atoms with Crippen LogP contribution in [0.15, 0.2) is 17.3 Å². The van der Waals surface area contributed by atoms with Crippen molar-refractivity contribution < 1.29 is 10.3 Å². The predicted molar refractivity (Wildman–Crippen MR) is 92.3 cm³/mol. The summed E-state index contributed by atoms with van der Waals surface area (Å²) in [5.74, 6) is 0.986. The van der Waals surface area contributed by atoms with Crippen molar-refractivity contribution in [1.29, 1.82) is 0 Å². The van der Waals surface area contributed by atoms with Crippen LogP contribution in [0.2, 0.25) is 0 Å². The predicted octanol–water partition coefficient (Wildman–Crippen LogP) is 3.48. The first-order chi connectivity index (χ1) is 11.3. The van der Waals surface area contributed by atoms with Crippen LogP contribution in [0.4, 0.5) is 0 Å². The van der Waals surface area contributed by atoms with Gasteiger partial charge in [0.25, 0.3) is 0 Å². The van der Waals surface area contributed by atoms with Crippen LogP contribution >= 0.6 is 0 Å². The van der Waals surface area contributed by atoms with E-state index in [0.717, 1.165) is 50.2 Å². The van der Waals surface area contributed by atoms with Gasteiger partial charge in [0.2, 0.25) is 0 Å². The normalized spacial score (nSPS) is 16.2. The Labute approximate surface area is 138 Å². The number of unbranched alkanes of at least 4 members (excludes halogenated alkanes) is 1. The van der Waals surface area contributed by atoms with Gasteiger partial charge < -0.3 is 15.6 Å². The van der Waals surface area contributed by atoms with Crippen LogP contribution in [0.25, 0.3) is 0 Å². The van der Waals surface area contributed by atoms with E-state index in [1.54, 1.807) is 6.07 Å². The molecule has 1 heterocycles. The summed E-state index contributed by atoms with van der Waals surface area (Å²) in [6, 6.07) is 3.42. The minimum Gasteiger partial charge on any atom is -0.506 e. The molecule has 0 amide bonds. The Morgan fingerprint density at radius 2 is 2.00 bits per heavy atom. The van der Waals surface area contributed by atoms with Crippen molar-refractivity contribution in [3.63, 3.8) is 0 Å². The van der Waals surface area contributed by atoms with Gasteiger partial charge in [-0.1, -0.05) is 37.3 Å². The molecule has 0 spiro atoms. The number of rotatable bonds is 9. The fraction of sp³-hybridized carbons (Fsp3) is 0.667. The fourth-order valence-electron chi connectivity index (χ4n) is 3.26. The van der Waals surface area contributed by atoms with Crippen LogP contribution in [-0.2, 0) is 6.42 Å². The van der Waals surface area contributed by atoms with E-state index < -0.39 is 0 Å². The number of aromatic hydroxyl groups is 1. The molecule has 1 fully saturated rings. The molecule has 2 rings (SSSR count). The van der Waals surface area contributed by atoms with Gasteiger partial charge in [0.1, 0.15) is 11.4 Å². The van der Waals surface area contributed by atoms with Crippen molar-refractivity contribution in [2.75, 3.05) is 13.1 Å². The molecule has 0 unspecified atom stereocenters. The SMILES string of the molecule is O/N=C/c1nc(CCCCNCCC2CCCCC2)ccc1O. The third-order valence-electron chi connectivity index (χ3n) is 4.63. The molecular formula is C18H29N3O2. The zero-order chi connectivity index (χ0) is 16.3. The summed E-state index contributed by atoms with van der Waals surface area (Å²) in [5.41, 5.74) is 1.23. The van der Waals surface area contributed by atoms with E-state index in [1.165, 1.54) is 38.5 Å². The van der Waals surface area contributed by atoms with E-state index in [2.05, 4.69) is 15.5 Å². The van der Waals surface area contributed by atoms with Crippen LogP contribution < -0.4 is 5.32 Å². The van der Waals surface area contributed by atoms with E-state index in [1.807, 2.05) is 6.07 Å². The maximum atomic E-state index is 9.57. The summed E-state index contributed by atoms with van der Waals surface area (Å²) in [6.07, 6.45) is 12.7. The number of nitrogens with zero attached hydrogens (tertiary/aromatic N) is 2. The average molecular weight is 319 g/mol. The van der Waals surface area contributed by atoms with E-state index in [4.69, 9.17) is 5.21 Å². The summed E-state index contributed by atoms with van der Waals surface area (Å²) in [5, 5.41) is 24.6. The van der Waals surface area contributed by atoms with Crippen LogP contribution in [-0.4, -0.2) is 34.6 Å². The van der Waals surface area contributed by atoms with Crippen LogP contribution in [0.5, 0.6) is 5.75 Å². The molecule has 23 heavy (non-hydrogen) atoms. The maximum absolute atomic E-state index is 9.57. The largest absolute Gasteiger partial charge is 0.506 e. The first kappa shape index (κ1) is 17.7. The number of aryl methyl sites for hydroxylation is 1. The number of oxime groups is 1. The number of hydrogen-bond donors (Lipinski definition) is 3. The maximum Gasteiger partial charge on any atom is 0.142 e. The number of pyridine rings is 1. The molecule has 128 valence electrons. The molecule has 1 aromatic heterocycles. The topological polar surface area (TPSA) is 77.7 Å². The number of aromatic nitrogens is 1. The van der Waals surface area contributed by atoms with Crippen LogP contribution in [0, 0.1) is 5.92 Å². The molecule has 0 aromatic carbocycles. The summed E-state index contributed by atoms with van der Waals surface area (Å²) >= 11 is 0. The second-order valence-electron chi connectivity index (χ2n) is 6.45. The smallest absolute Gasteiger partial charge is 0.142 e. The highest BCUT2D eigenvalue weighted by molar-refractivity contribution is 5.80. The van der Waals surface area contributed by atoms with Gasteiger partial charge in [0.15, 0.2) is 0 Å². The lowest BCUT2D eigenvalue weighted by molar-refractivity contribution is 0.321. The van der Waals surface area contributed by atoms with Gasteiger partial charge in [-0.15, -0.1) is 0 Å². The lowest BCUT2D eigenvalue weighted by Gasteiger charge is -2.21. The molecule has 0 bridgehead atoms. The van der Waals surface area contributed by atoms with Crippen molar-refractivity contribution in [2.24, 2.45) is 11.1 Å². The molecule has 1 aromatic rings. The van der Waals surface area contributed by atoms with E-state index in [9.17, 15) is 5.11 Å². The molecule has 0 atom stereocenters. The molecule has 0 aliphatic heterocycles. The molecule has 5 nitrogen and oxygen atoms in total. The zero-order valence-corrected chi connectivity index (χ0v) is 13.9. The minimum atomic E-state index is 0.0379.